The molecule has 11 heteroatoms. The first kappa shape index (κ1) is 24.1. The van der Waals surface area contributed by atoms with Crippen LogP contribution < -0.4 is 4.90 Å². The van der Waals surface area contributed by atoms with Crippen molar-refractivity contribution in [2.75, 3.05) is 45.9 Å². The Morgan fingerprint density at radius 2 is 1.92 bits per heavy atom. The number of carbonyl (C=O) groups excluding carboxylic acids is 4. The Hall–Kier alpha value is -3.57. The van der Waals surface area contributed by atoms with Crippen LogP contribution in [0.1, 0.15) is 24.8 Å². The molecular weight excluding hydrogens is 468 g/mol. The number of methoxy groups -OCH3 is 2. The topological polar surface area (TPSA) is 129 Å². The molecule has 3 amide bonds. The number of nitrogens with zero attached hydrogens (tertiary/aromatic N) is 4. The number of ether oxygens (including phenoxy) is 2. The molecule has 0 bridgehead atoms. The van der Waals surface area contributed by atoms with Crippen LogP contribution in [0.5, 0.6) is 0 Å². The van der Waals surface area contributed by atoms with Gasteiger partial charge in [0, 0.05) is 26.3 Å². The minimum atomic E-state index is -0.925. The predicted octanol–water partition coefficient (Wildman–Crippen LogP) is -0.0294. The number of aliphatic hydroxyl groups is 1. The third kappa shape index (κ3) is 3.15. The average Bonchev–Trinajstić information content (AvgIpc) is 3.45. The van der Waals surface area contributed by atoms with Crippen molar-refractivity contribution in [2.24, 2.45) is 4.99 Å². The summed E-state index contributed by atoms with van der Waals surface area (Å²) < 4.78 is 9.77. The maximum Gasteiger partial charge on any atom is 0.306 e. The van der Waals surface area contributed by atoms with E-state index in [1.165, 1.54) is 19.1 Å². The molecule has 4 heterocycles. The van der Waals surface area contributed by atoms with Gasteiger partial charge in [0.25, 0.3) is 11.8 Å². The van der Waals surface area contributed by atoms with Gasteiger partial charge in [0.1, 0.15) is 11.5 Å². The van der Waals surface area contributed by atoms with E-state index in [-0.39, 0.29) is 38.3 Å². The van der Waals surface area contributed by atoms with Crippen molar-refractivity contribution in [2.45, 2.75) is 36.8 Å². The molecule has 0 aromatic heterocycles. The lowest BCUT2D eigenvalue weighted by Crippen LogP contribution is -2.54. The maximum absolute atomic E-state index is 13.6. The zero-order chi connectivity index (χ0) is 25.8. The van der Waals surface area contributed by atoms with Gasteiger partial charge in [-0.1, -0.05) is 18.2 Å². The fourth-order valence-corrected chi connectivity index (χ4v) is 6.10. The zero-order valence-electron chi connectivity index (χ0n) is 20.4. The van der Waals surface area contributed by atoms with E-state index in [0.717, 1.165) is 16.2 Å². The van der Waals surface area contributed by atoms with Gasteiger partial charge in [-0.2, -0.15) is 0 Å². The summed E-state index contributed by atoms with van der Waals surface area (Å²) in [7, 11) is 4.60. The summed E-state index contributed by atoms with van der Waals surface area (Å²) in [4.78, 5) is 61.3. The van der Waals surface area contributed by atoms with Crippen molar-refractivity contribution in [3.05, 3.63) is 41.1 Å². The Balaban J connectivity index is 1.67. The molecule has 0 aliphatic carbocycles. The van der Waals surface area contributed by atoms with Crippen LogP contribution in [-0.2, 0) is 34.1 Å². The lowest BCUT2D eigenvalue weighted by Gasteiger charge is -2.38. The number of aliphatic hydroxyl groups excluding tert-OH is 1. The van der Waals surface area contributed by atoms with E-state index >= 15 is 0 Å². The molecule has 1 aromatic rings. The number of esters is 1. The summed E-state index contributed by atoms with van der Waals surface area (Å²) in [5.41, 5.74) is 1.11. The molecule has 36 heavy (non-hydrogen) atoms. The van der Waals surface area contributed by atoms with Gasteiger partial charge >= 0.3 is 5.97 Å². The molecule has 190 valence electrons. The van der Waals surface area contributed by atoms with E-state index in [1.54, 1.807) is 0 Å². The Morgan fingerprint density at radius 1 is 1.17 bits per heavy atom. The quantitative estimate of drug-likeness (QED) is 0.412. The third-order valence-corrected chi connectivity index (χ3v) is 7.61. The van der Waals surface area contributed by atoms with E-state index in [9.17, 15) is 24.3 Å². The molecule has 1 N–H and O–H groups in total. The van der Waals surface area contributed by atoms with Crippen molar-refractivity contribution in [3.63, 3.8) is 0 Å². The average molecular weight is 497 g/mol. The highest BCUT2D eigenvalue weighted by atomic mass is 16.5. The smallest absolute Gasteiger partial charge is 0.306 e. The van der Waals surface area contributed by atoms with Crippen LogP contribution in [-0.4, -0.2) is 97.5 Å². The Bertz CT molecular complexity index is 1220. The van der Waals surface area contributed by atoms with Gasteiger partial charge in [-0.05, 0) is 18.1 Å². The van der Waals surface area contributed by atoms with Crippen molar-refractivity contribution in [3.8, 4) is 0 Å². The summed E-state index contributed by atoms with van der Waals surface area (Å²) in [6, 6.07) is 6.42. The standard InChI is InChI=1S/C25H28N4O7/c1-27-16-7-5-4-6-15(16)25-12-14(13-30)29(17(31)8-9-18(32)36-3)24(25)26-20-19(21(25)27)22(33)28(23(20)34)10-11-35-2/h4-7,14,21,30H,8-13H2,1-3H3/t14-,21?,25-/m0/s1. The van der Waals surface area contributed by atoms with Gasteiger partial charge in [-0.3, -0.25) is 29.0 Å². The SMILES string of the molecule is COCCN1C(=O)C2=C(C1=O)C1N(C)c3ccccc3[C@@]13C[C@@H](CO)N(C(=O)CCC(=O)OC)C3=N2. The summed E-state index contributed by atoms with van der Waals surface area (Å²) >= 11 is 0. The van der Waals surface area contributed by atoms with Crippen LogP contribution >= 0.6 is 0 Å². The van der Waals surface area contributed by atoms with E-state index < -0.39 is 41.2 Å². The van der Waals surface area contributed by atoms with Gasteiger partial charge in [-0.25, -0.2) is 4.99 Å². The molecule has 4 aliphatic rings. The number of fused-ring (bicyclic) bond motifs is 2. The summed E-state index contributed by atoms with van der Waals surface area (Å²) in [6.45, 7) is -0.0650. The first-order valence-electron chi connectivity index (χ1n) is 11.8. The fourth-order valence-electron chi connectivity index (χ4n) is 6.10. The van der Waals surface area contributed by atoms with Gasteiger partial charge in [0.15, 0.2) is 0 Å². The molecule has 4 aliphatic heterocycles. The minimum absolute atomic E-state index is 0.00995. The summed E-state index contributed by atoms with van der Waals surface area (Å²) in [5.74, 6) is -1.56. The normalized spacial score (nSPS) is 26.1. The van der Waals surface area contributed by atoms with Crippen LogP contribution in [0.2, 0.25) is 0 Å². The molecule has 1 saturated heterocycles. The second-order valence-corrected chi connectivity index (χ2v) is 9.33. The van der Waals surface area contributed by atoms with Crippen molar-refractivity contribution < 1.29 is 33.8 Å². The van der Waals surface area contributed by atoms with Crippen molar-refractivity contribution >= 4 is 35.2 Å². The lowest BCUT2D eigenvalue weighted by molar-refractivity contribution is -0.143. The molecule has 0 radical (unpaired) electrons. The highest BCUT2D eigenvalue weighted by Gasteiger charge is 2.67. The number of likely N-dealkylation sites (tertiary alicyclic amines) is 1. The number of carbonyl (C=O) groups is 4. The van der Waals surface area contributed by atoms with Crippen molar-refractivity contribution in [1.29, 1.82) is 0 Å². The number of amidine groups is 1. The lowest BCUT2D eigenvalue weighted by atomic mass is 9.70. The Kier molecular flexibility index (Phi) is 5.92. The molecule has 1 fully saturated rings. The maximum atomic E-state index is 13.6. The monoisotopic (exact) mass is 496 g/mol. The van der Waals surface area contributed by atoms with Gasteiger partial charge in [0.05, 0.1) is 56.4 Å². The van der Waals surface area contributed by atoms with E-state index in [4.69, 9.17) is 9.73 Å². The number of para-hydroxylation sites is 1. The molecule has 3 atom stereocenters. The summed E-state index contributed by atoms with van der Waals surface area (Å²) in [6.07, 6.45) is 0.0498. The Labute approximate surface area is 207 Å². The minimum Gasteiger partial charge on any atom is -0.469 e. The summed E-state index contributed by atoms with van der Waals surface area (Å²) in [5, 5.41) is 10.3. The number of aliphatic imine (C=N–C) groups is 1. The van der Waals surface area contributed by atoms with Crippen LogP contribution in [0.15, 0.2) is 40.5 Å². The van der Waals surface area contributed by atoms with E-state index in [1.807, 2.05) is 36.2 Å². The van der Waals surface area contributed by atoms with Gasteiger partial charge in [-0.15, -0.1) is 0 Å². The van der Waals surface area contributed by atoms with Gasteiger partial charge in [0.2, 0.25) is 5.91 Å². The number of hydrogen-bond donors (Lipinski definition) is 1. The second kappa shape index (κ2) is 8.82. The van der Waals surface area contributed by atoms with Gasteiger partial charge < -0.3 is 19.5 Å². The molecule has 0 saturated carbocycles. The number of benzene rings is 1. The molecule has 5 rings (SSSR count). The van der Waals surface area contributed by atoms with Crippen LogP contribution in [0.25, 0.3) is 0 Å². The largest absolute Gasteiger partial charge is 0.469 e. The number of amides is 3. The number of anilines is 1. The zero-order valence-corrected chi connectivity index (χ0v) is 20.4. The molecule has 11 nitrogen and oxygen atoms in total. The number of likely N-dealkylation sites (N-methyl/N-ethyl adjacent to an activating group) is 1. The first-order valence-corrected chi connectivity index (χ1v) is 11.8. The van der Waals surface area contributed by atoms with E-state index in [2.05, 4.69) is 4.74 Å². The first-order chi connectivity index (χ1) is 17.3. The van der Waals surface area contributed by atoms with Crippen LogP contribution in [0.4, 0.5) is 5.69 Å². The van der Waals surface area contributed by atoms with Crippen LogP contribution in [0, 0.1) is 0 Å². The number of hydrogen-bond acceptors (Lipinski definition) is 9. The fraction of sp³-hybridized carbons (Fsp3) is 0.480. The molecule has 1 aromatic carbocycles. The number of imide groups is 1. The highest BCUT2D eigenvalue weighted by molar-refractivity contribution is 6.24. The Morgan fingerprint density at radius 3 is 2.61 bits per heavy atom. The molecule has 1 unspecified atom stereocenters. The predicted molar refractivity (Wildman–Crippen MR) is 127 cm³/mol. The highest BCUT2D eigenvalue weighted by Crippen LogP contribution is 2.58. The van der Waals surface area contributed by atoms with Crippen LogP contribution in [0.3, 0.4) is 0 Å². The second-order valence-electron chi connectivity index (χ2n) is 9.33. The third-order valence-electron chi connectivity index (χ3n) is 7.61. The van der Waals surface area contributed by atoms with Crippen molar-refractivity contribution in [1.82, 2.24) is 9.80 Å². The number of rotatable bonds is 7. The molecular formula is C25H28N4O7. The molecule has 1 spiro atoms. The van der Waals surface area contributed by atoms with E-state index in [0.29, 0.717) is 17.8 Å².